The minimum atomic E-state index is -2.94. The van der Waals surface area contributed by atoms with Crippen molar-refractivity contribution in [3.05, 3.63) is 0 Å². The minimum Gasteiger partial charge on any atom is -0.379 e. The normalized spacial score (nSPS) is 21.9. The Balaban J connectivity index is 0.00000529. The molecule has 0 radical (unpaired) electrons. The molecule has 8 heteroatoms. The SMILES string of the molecule is CN=C(NCCOCCS(C)(=O)=O)N(C)CC1CCC(C)CC1.I. The molecule has 1 rings (SSSR count). The van der Waals surface area contributed by atoms with Gasteiger partial charge in [-0.3, -0.25) is 4.99 Å². The number of guanidine groups is 1. The lowest BCUT2D eigenvalue weighted by atomic mass is 9.83. The number of rotatable bonds is 8. The zero-order valence-electron chi connectivity index (χ0n) is 15.5. The Hall–Kier alpha value is -0.0900. The van der Waals surface area contributed by atoms with E-state index < -0.39 is 9.84 Å². The quantitative estimate of drug-likeness (QED) is 0.252. The van der Waals surface area contributed by atoms with Crippen LogP contribution in [0, 0.1) is 11.8 Å². The smallest absolute Gasteiger partial charge is 0.193 e. The number of sulfone groups is 1. The summed E-state index contributed by atoms with van der Waals surface area (Å²) in [6.07, 6.45) is 6.49. The van der Waals surface area contributed by atoms with Crippen LogP contribution in [0.15, 0.2) is 4.99 Å². The molecular formula is C16H34IN3O3S. The number of nitrogens with zero attached hydrogens (tertiary/aromatic N) is 2. The Labute approximate surface area is 164 Å². The van der Waals surface area contributed by atoms with Crippen molar-refractivity contribution < 1.29 is 13.2 Å². The summed E-state index contributed by atoms with van der Waals surface area (Å²) in [4.78, 5) is 6.48. The molecule has 0 saturated heterocycles. The van der Waals surface area contributed by atoms with E-state index >= 15 is 0 Å². The summed E-state index contributed by atoms with van der Waals surface area (Å²) in [6, 6.07) is 0. The minimum absolute atomic E-state index is 0. The Kier molecular flexibility index (Phi) is 12.2. The number of halogens is 1. The highest BCUT2D eigenvalue weighted by Crippen LogP contribution is 2.28. The Bertz CT molecular complexity index is 463. The van der Waals surface area contributed by atoms with Gasteiger partial charge in [0.15, 0.2) is 5.96 Å². The van der Waals surface area contributed by atoms with Crippen molar-refractivity contribution in [1.82, 2.24) is 10.2 Å². The maximum atomic E-state index is 11.0. The topological polar surface area (TPSA) is 71.0 Å². The summed E-state index contributed by atoms with van der Waals surface area (Å²) in [7, 11) is 0.908. The first-order chi connectivity index (χ1) is 10.8. The molecule has 144 valence electrons. The highest BCUT2D eigenvalue weighted by Gasteiger charge is 2.20. The summed E-state index contributed by atoms with van der Waals surface area (Å²) < 4.78 is 27.3. The van der Waals surface area contributed by atoms with Gasteiger partial charge >= 0.3 is 0 Å². The molecule has 1 N–H and O–H groups in total. The second-order valence-electron chi connectivity index (χ2n) is 6.72. The molecule has 0 aromatic heterocycles. The summed E-state index contributed by atoms with van der Waals surface area (Å²) in [6.45, 7) is 4.71. The van der Waals surface area contributed by atoms with Crippen LogP contribution in [0.25, 0.3) is 0 Å². The lowest BCUT2D eigenvalue weighted by Gasteiger charge is -2.31. The van der Waals surface area contributed by atoms with Crippen LogP contribution in [0.4, 0.5) is 0 Å². The summed E-state index contributed by atoms with van der Waals surface area (Å²) in [5.41, 5.74) is 0. The number of nitrogens with one attached hydrogen (secondary N) is 1. The van der Waals surface area contributed by atoms with Gasteiger partial charge in [0.05, 0.1) is 19.0 Å². The monoisotopic (exact) mass is 475 g/mol. The molecule has 1 saturated carbocycles. The van der Waals surface area contributed by atoms with Gasteiger partial charge in [0.1, 0.15) is 9.84 Å². The van der Waals surface area contributed by atoms with E-state index in [0.29, 0.717) is 13.2 Å². The highest BCUT2D eigenvalue weighted by atomic mass is 127. The van der Waals surface area contributed by atoms with Crippen LogP contribution < -0.4 is 5.32 Å². The van der Waals surface area contributed by atoms with Gasteiger partial charge in [-0.05, 0) is 24.7 Å². The van der Waals surface area contributed by atoms with Crippen molar-refractivity contribution in [2.45, 2.75) is 32.6 Å². The summed E-state index contributed by atoms with van der Waals surface area (Å²) in [5.74, 6) is 2.57. The van der Waals surface area contributed by atoms with Crippen LogP contribution in [0.3, 0.4) is 0 Å². The van der Waals surface area contributed by atoms with Crippen LogP contribution in [0.5, 0.6) is 0 Å². The zero-order valence-corrected chi connectivity index (χ0v) is 18.6. The van der Waals surface area contributed by atoms with Gasteiger partial charge in [0.25, 0.3) is 0 Å². The van der Waals surface area contributed by atoms with E-state index in [9.17, 15) is 8.42 Å². The van der Waals surface area contributed by atoms with Gasteiger partial charge in [-0.2, -0.15) is 0 Å². The van der Waals surface area contributed by atoms with Crippen molar-refractivity contribution >= 4 is 39.8 Å². The van der Waals surface area contributed by atoms with E-state index in [0.717, 1.165) is 24.3 Å². The van der Waals surface area contributed by atoms with Crippen LogP contribution >= 0.6 is 24.0 Å². The average Bonchev–Trinajstić information content (AvgIpc) is 2.47. The fraction of sp³-hybridized carbons (Fsp3) is 0.938. The molecule has 24 heavy (non-hydrogen) atoms. The van der Waals surface area contributed by atoms with Crippen molar-refractivity contribution in [2.24, 2.45) is 16.8 Å². The van der Waals surface area contributed by atoms with Crippen LogP contribution in [-0.2, 0) is 14.6 Å². The molecule has 0 unspecified atom stereocenters. The lowest BCUT2D eigenvalue weighted by Crippen LogP contribution is -2.43. The molecule has 6 nitrogen and oxygen atoms in total. The lowest BCUT2D eigenvalue weighted by molar-refractivity contribution is 0.153. The van der Waals surface area contributed by atoms with E-state index in [1.165, 1.54) is 31.9 Å². The number of ether oxygens (including phenoxy) is 1. The fourth-order valence-corrected chi connectivity index (χ4v) is 3.34. The molecule has 0 atom stereocenters. The fourth-order valence-electron chi connectivity index (χ4n) is 2.92. The van der Waals surface area contributed by atoms with E-state index in [4.69, 9.17) is 4.74 Å². The van der Waals surface area contributed by atoms with Gasteiger partial charge < -0.3 is 15.0 Å². The van der Waals surface area contributed by atoms with E-state index in [-0.39, 0.29) is 36.3 Å². The molecule has 0 amide bonds. The number of hydrogen-bond acceptors (Lipinski definition) is 4. The third-order valence-corrected chi connectivity index (χ3v) is 5.28. The van der Waals surface area contributed by atoms with Crippen molar-refractivity contribution in [2.75, 3.05) is 52.4 Å². The van der Waals surface area contributed by atoms with Crippen LogP contribution in [-0.4, -0.2) is 71.7 Å². The molecule has 0 aromatic rings. The number of aliphatic imine (C=N–C) groups is 1. The molecule has 0 spiro atoms. The Morgan fingerprint density at radius 3 is 2.42 bits per heavy atom. The molecule has 1 aliphatic rings. The molecule has 0 heterocycles. The van der Waals surface area contributed by atoms with Crippen LogP contribution in [0.2, 0.25) is 0 Å². The van der Waals surface area contributed by atoms with Crippen molar-refractivity contribution in [3.63, 3.8) is 0 Å². The average molecular weight is 475 g/mol. The Morgan fingerprint density at radius 2 is 1.88 bits per heavy atom. The maximum absolute atomic E-state index is 11.0. The van der Waals surface area contributed by atoms with E-state index in [1.54, 1.807) is 7.05 Å². The number of hydrogen-bond donors (Lipinski definition) is 1. The predicted molar refractivity (Wildman–Crippen MR) is 111 cm³/mol. The molecule has 1 aliphatic carbocycles. The van der Waals surface area contributed by atoms with Crippen LogP contribution in [0.1, 0.15) is 32.6 Å². The van der Waals surface area contributed by atoms with Gasteiger partial charge in [0.2, 0.25) is 0 Å². The molecular weight excluding hydrogens is 441 g/mol. The predicted octanol–water partition coefficient (Wildman–Crippen LogP) is 2.00. The third-order valence-electron chi connectivity index (χ3n) is 4.37. The largest absolute Gasteiger partial charge is 0.379 e. The van der Waals surface area contributed by atoms with E-state index in [2.05, 4.69) is 29.2 Å². The second-order valence-corrected chi connectivity index (χ2v) is 8.98. The molecule has 0 bridgehead atoms. The second kappa shape index (κ2) is 12.3. The summed E-state index contributed by atoms with van der Waals surface area (Å²) in [5, 5.41) is 3.27. The third kappa shape index (κ3) is 10.7. The zero-order chi connectivity index (χ0) is 17.3. The first-order valence-corrected chi connectivity index (χ1v) is 10.5. The first kappa shape index (κ1) is 23.9. The van der Waals surface area contributed by atoms with Crippen molar-refractivity contribution in [3.8, 4) is 0 Å². The summed E-state index contributed by atoms with van der Waals surface area (Å²) >= 11 is 0. The van der Waals surface area contributed by atoms with Gasteiger partial charge in [-0.1, -0.05) is 19.8 Å². The first-order valence-electron chi connectivity index (χ1n) is 8.49. The molecule has 0 aromatic carbocycles. The van der Waals surface area contributed by atoms with Gasteiger partial charge in [0, 0.05) is 33.4 Å². The standard InChI is InChI=1S/C16H33N3O3S.HI/c1-14-5-7-15(8-6-14)13-19(3)16(17-2)18-9-10-22-11-12-23(4,20)21;/h14-15H,5-13H2,1-4H3,(H,17,18);1H. The van der Waals surface area contributed by atoms with Crippen molar-refractivity contribution in [1.29, 1.82) is 0 Å². The molecule has 0 aliphatic heterocycles. The van der Waals surface area contributed by atoms with E-state index in [1.807, 2.05) is 0 Å². The molecule has 1 fully saturated rings. The highest BCUT2D eigenvalue weighted by molar-refractivity contribution is 14.0. The maximum Gasteiger partial charge on any atom is 0.193 e. The van der Waals surface area contributed by atoms with Gasteiger partial charge in [-0.15, -0.1) is 24.0 Å². The van der Waals surface area contributed by atoms with Gasteiger partial charge in [-0.25, -0.2) is 8.42 Å². The Morgan fingerprint density at radius 1 is 1.25 bits per heavy atom.